The summed E-state index contributed by atoms with van der Waals surface area (Å²) < 4.78 is 2.78. The van der Waals surface area contributed by atoms with E-state index in [-0.39, 0.29) is 5.69 Å². The zero-order chi connectivity index (χ0) is 13.9. The maximum absolute atomic E-state index is 11.5. The molecule has 1 saturated carbocycles. The van der Waals surface area contributed by atoms with Gasteiger partial charge >= 0.3 is 5.97 Å². The highest BCUT2D eigenvalue weighted by Crippen LogP contribution is 2.54. The van der Waals surface area contributed by atoms with Crippen molar-refractivity contribution in [1.29, 1.82) is 0 Å². The number of carboxylic acids is 1. The fraction of sp³-hybridized carbons (Fsp3) is 0.333. The lowest BCUT2D eigenvalue weighted by Gasteiger charge is -2.14. The molecule has 5 heteroatoms. The number of hydrogen-bond acceptors (Lipinski definition) is 2. The predicted octanol–water partition coefficient (Wildman–Crippen LogP) is 3.70. The first-order chi connectivity index (χ1) is 9.66. The Kier molecular flexibility index (Phi) is 2.54. The first-order valence-electron chi connectivity index (χ1n) is 6.78. The summed E-state index contributed by atoms with van der Waals surface area (Å²) in [6, 6.07) is 7.81. The summed E-state index contributed by atoms with van der Waals surface area (Å²) in [5, 5.41) is 13.8. The van der Waals surface area contributed by atoms with Crippen molar-refractivity contribution in [3.05, 3.63) is 45.7 Å². The first kappa shape index (κ1) is 12.1. The van der Waals surface area contributed by atoms with E-state index in [1.54, 1.807) is 0 Å². The molecule has 0 radical (unpaired) electrons. The SMILES string of the molecule is O=C(O)c1nn(-c2ccccc2Br)c2c1C1CCC2C1. The van der Waals surface area contributed by atoms with Gasteiger partial charge in [0.05, 0.1) is 11.4 Å². The number of fused-ring (bicyclic) bond motifs is 5. The fourth-order valence-corrected chi connectivity index (χ4v) is 4.15. The Balaban J connectivity index is 1.99. The molecule has 2 aliphatic rings. The van der Waals surface area contributed by atoms with Crippen molar-refractivity contribution in [1.82, 2.24) is 9.78 Å². The molecular weight excluding hydrogens is 320 g/mol. The van der Waals surface area contributed by atoms with Crippen LogP contribution < -0.4 is 0 Å². The van der Waals surface area contributed by atoms with Crippen molar-refractivity contribution in [3.8, 4) is 5.69 Å². The summed E-state index contributed by atoms with van der Waals surface area (Å²) in [4.78, 5) is 11.5. The number of para-hydroxylation sites is 1. The minimum absolute atomic E-state index is 0.239. The lowest BCUT2D eigenvalue weighted by Crippen LogP contribution is -2.06. The zero-order valence-corrected chi connectivity index (χ0v) is 12.3. The summed E-state index contributed by atoms with van der Waals surface area (Å²) in [7, 11) is 0. The van der Waals surface area contributed by atoms with Crippen LogP contribution in [0.2, 0.25) is 0 Å². The van der Waals surface area contributed by atoms with Gasteiger partial charge in [0.15, 0.2) is 5.69 Å². The molecule has 102 valence electrons. The van der Waals surface area contributed by atoms with Gasteiger partial charge in [-0.05, 0) is 53.2 Å². The van der Waals surface area contributed by atoms with E-state index in [0.29, 0.717) is 11.8 Å². The molecule has 1 aromatic heterocycles. The van der Waals surface area contributed by atoms with E-state index < -0.39 is 5.97 Å². The minimum Gasteiger partial charge on any atom is -0.476 e. The Hall–Kier alpha value is -1.62. The van der Waals surface area contributed by atoms with E-state index in [0.717, 1.165) is 40.7 Å². The Morgan fingerprint density at radius 1 is 1.30 bits per heavy atom. The lowest BCUT2D eigenvalue weighted by molar-refractivity contribution is 0.0688. The molecule has 2 aromatic rings. The largest absolute Gasteiger partial charge is 0.476 e. The Bertz CT molecular complexity index is 723. The Labute approximate surface area is 124 Å². The molecule has 1 fully saturated rings. The quantitative estimate of drug-likeness (QED) is 0.912. The van der Waals surface area contributed by atoms with Crippen LogP contribution in [0.4, 0.5) is 0 Å². The minimum atomic E-state index is -0.917. The van der Waals surface area contributed by atoms with Gasteiger partial charge in [0, 0.05) is 16.0 Å². The number of carbonyl (C=O) groups is 1. The second kappa shape index (κ2) is 4.19. The summed E-state index contributed by atoms with van der Waals surface area (Å²) >= 11 is 3.53. The third-order valence-electron chi connectivity index (χ3n) is 4.47. The van der Waals surface area contributed by atoms with Crippen LogP contribution in [-0.2, 0) is 0 Å². The van der Waals surface area contributed by atoms with Gasteiger partial charge in [-0.15, -0.1) is 0 Å². The molecule has 0 aliphatic heterocycles. The number of rotatable bonds is 2. The normalized spacial score (nSPS) is 23.1. The van der Waals surface area contributed by atoms with Crippen LogP contribution in [0.15, 0.2) is 28.7 Å². The van der Waals surface area contributed by atoms with Crippen molar-refractivity contribution >= 4 is 21.9 Å². The van der Waals surface area contributed by atoms with Crippen LogP contribution in [0.1, 0.15) is 52.8 Å². The topological polar surface area (TPSA) is 55.1 Å². The van der Waals surface area contributed by atoms with E-state index in [1.807, 2.05) is 28.9 Å². The highest BCUT2D eigenvalue weighted by atomic mass is 79.9. The molecule has 2 unspecified atom stereocenters. The van der Waals surface area contributed by atoms with Crippen LogP contribution in [0.25, 0.3) is 5.69 Å². The summed E-state index contributed by atoms with van der Waals surface area (Å²) in [5.41, 5.74) is 3.25. The molecule has 4 rings (SSSR count). The average Bonchev–Trinajstić information content (AvgIpc) is 3.10. The summed E-state index contributed by atoms with van der Waals surface area (Å²) in [5.74, 6) is -0.0698. The van der Waals surface area contributed by atoms with Crippen molar-refractivity contribution in [3.63, 3.8) is 0 Å². The van der Waals surface area contributed by atoms with E-state index in [1.165, 1.54) is 0 Å². The summed E-state index contributed by atoms with van der Waals surface area (Å²) in [6.45, 7) is 0. The Morgan fingerprint density at radius 2 is 2.05 bits per heavy atom. The molecule has 0 amide bonds. The maximum Gasteiger partial charge on any atom is 0.356 e. The van der Waals surface area contributed by atoms with Crippen molar-refractivity contribution in [2.75, 3.05) is 0 Å². The average molecular weight is 333 g/mol. The molecule has 1 N–H and O–H groups in total. The second-order valence-corrected chi connectivity index (χ2v) is 6.38. The number of hydrogen-bond donors (Lipinski definition) is 1. The van der Waals surface area contributed by atoms with Crippen LogP contribution >= 0.6 is 15.9 Å². The van der Waals surface area contributed by atoms with Crippen LogP contribution in [0.3, 0.4) is 0 Å². The molecule has 4 nitrogen and oxygen atoms in total. The molecule has 20 heavy (non-hydrogen) atoms. The zero-order valence-electron chi connectivity index (χ0n) is 10.7. The number of aromatic carboxylic acids is 1. The highest BCUT2D eigenvalue weighted by molar-refractivity contribution is 9.10. The van der Waals surface area contributed by atoms with Gasteiger partial charge < -0.3 is 5.11 Å². The molecule has 1 heterocycles. The van der Waals surface area contributed by atoms with Crippen molar-refractivity contribution in [2.24, 2.45) is 0 Å². The highest BCUT2D eigenvalue weighted by Gasteiger charge is 2.44. The van der Waals surface area contributed by atoms with Gasteiger partial charge in [0.2, 0.25) is 0 Å². The van der Waals surface area contributed by atoms with Crippen molar-refractivity contribution in [2.45, 2.75) is 31.1 Å². The van der Waals surface area contributed by atoms with E-state index >= 15 is 0 Å². The van der Waals surface area contributed by atoms with Gasteiger partial charge in [0.1, 0.15) is 0 Å². The smallest absolute Gasteiger partial charge is 0.356 e. The molecular formula is C15H13BrN2O2. The van der Waals surface area contributed by atoms with E-state index in [9.17, 15) is 9.90 Å². The second-order valence-electron chi connectivity index (χ2n) is 5.52. The standard InChI is InChI=1S/C15H13BrN2O2/c16-10-3-1-2-4-11(10)18-14-9-6-5-8(7-9)12(14)13(17-18)15(19)20/h1-4,8-9H,5-7H2,(H,19,20). The van der Waals surface area contributed by atoms with Crippen LogP contribution in [0.5, 0.6) is 0 Å². The number of carboxylic acid groups (broad SMARTS) is 1. The van der Waals surface area contributed by atoms with Gasteiger partial charge in [-0.25, -0.2) is 9.48 Å². The third-order valence-corrected chi connectivity index (χ3v) is 5.14. The first-order valence-corrected chi connectivity index (χ1v) is 7.57. The van der Waals surface area contributed by atoms with E-state index in [2.05, 4.69) is 21.0 Å². The number of halogens is 1. The van der Waals surface area contributed by atoms with Crippen LogP contribution in [-0.4, -0.2) is 20.9 Å². The lowest BCUT2D eigenvalue weighted by atomic mass is 9.95. The van der Waals surface area contributed by atoms with Gasteiger partial charge in [-0.2, -0.15) is 5.10 Å². The number of nitrogens with zero attached hydrogens (tertiary/aromatic N) is 2. The fourth-order valence-electron chi connectivity index (χ4n) is 3.70. The van der Waals surface area contributed by atoms with Crippen molar-refractivity contribution < 1.29 is 9.90 Å². The maximum atomic E-state index is 11.5. The van der Waals surface area contributed by atoms with Crippen LogP contribution in [0, 0.1) is 0 Å². The van der Waals surface area contributed by atoms with E-state index in [4.69, 9.17) is 0 Å². The molecule has 2 aliphatic carbocycles. The number of benzene rings is 1. The summed E-state index contributed by atoms with van der Waals surface area (Å²) in [6.07, 6.45) is 3.32. The van der Waals surface area contributed by atoms with Gasteiger partial charge in [-0.3, -0.25) is 0 Å². The monoisotopic (exact) mass is 332 g/mol. The van der Waals surface area contributed by atoms with Gasteiger partial charge in [0.25, 0.3) is 0 Å². The molecule has 2 atom stereocenters. The molecule has 2 bridgehead atoms. The molecule has 0 spiro atoms. The van der Waals surface area contributed by atoms with Gasteiger partial charge in [-0.1, -0.05) is 12.1 Å². The predicted molar refractivity (Wildman–Crippen MR) is 77.6 cm³/mol. The Morgan fingerprint density at radius 3 is 2.80 bits per heavy atom. The molecule has 0 saturated heterocycles. The third kappa shape index (κ3) is 1.53. The number of aromatic nitrogens is 2. The molecule has 1 aromatic carbocycles.